The van der Waals surface area contributed by atoms with Crippen LogP contribution in [-0.4, -0.2) is 38.2 Å². The lowest BCUT2D eigenvalue weighted by molar-refractivity contribution is 0.0401. The molecule has 0 aromatic carbocycles. The first-order valence-corrected chi connectivity index (χ1v) is 10.9. The van der Waals surface area contributed by atoms with Gasteiger partial charge in [0.15, 0.2) is 5.69 Å². The van der Waals surface area contributed by atoms with Crippen molar-refractivity contribution < 1.29 is 13.8 Å². The molecule has 1 amide bonds. The Bertz CT molecular complexity index is 795. The van der Waals surface area contributed by atoms with Gasteiger partial charge >= 0.3 is 11.8 Å². The summed E-state index contributed by atoms with van der Waals surface area (Å²) in [5.74, 6) is 1.66. The first kappa shape index (κ1) is 17.9. The van der Waals surface area contributed by atoms with Crippen LogP contribution in [0.1, 0.15) is 99.4 Å². The number of hydrogen-bond donors (Lipinski definition) is 0. The molecule has 0 spiro atoms. The van der Waals surface area contributed by atoms with E-state index in [4.69, 9.17) is 9.05 Å². The first-order chi connectivity index (χ1) is 13.8. The van der Waals surface area contributed by atoms with Crippen molar-refractivity contribution in [1.29, 1.82) is 0 Å². The Hall–Kier alpha value is -2.18. The van der Waals surface area contributed by atoms with E-state index in [1.54, 1.807) is 0 Å². The third kappa shape index (κ3) is 3.59. The molecule has 7 nitrogen and oxygen atoms in total. The zero-order valence-corrected chi connectivity index (χ0v) is 16.3. The highest BCUT2D eigenvalue weighted by molar-refractivity contribution is 5.90. The van der Waals surface area contributed by atoms with Crippen molar-refractivity contribution in [2.75, 3.05) is 0 Å². The van der Waals surface area contributed by atoms with Crippen molar-refractivity contribution in [2.45, 2.75) is 95.1 Å². The molecule has 0 bridgehead atoms. The van der Waals surface area contributed by atoms with Crippen molar-refractivity contribution in [3.8, 4) is 11.5 Å². The SMILES string of the molecule is O=C(c1nc(-c2cc(C3CC3)on2)no1)N(C1CCCCC1)C1CCCCC1. The summed E-state index contributed by atoms with van der Waals surface area (Å²) >= 11 is 0. The third-order valence-electron chi connectivity index (χ3n) is 6.52. The minimum atomic E-state index is -0.108. The van der Waals surface area contributed by atoms with Crippen LogP contribution in [0.5, 0.6) is 0 Å². The maximum atomic E-state index is 13.4. The average molecular weight is 384 g/mol. The van der Waals surface area contributed by atoms with Gasteiger partial charge in [-0.2, -0.15) is 4.98 Å². The molecule has 2 aromatic heterocycles. The topological polar surface area (TPSA) is 85.3 Å². The molecular formula is C21H28N4O3. The lowest BCUT2D eigenvalue weighted by Gasteiger charge is -2.40. The van der Waals surface area contributed by atoms with E-state index in [1.165, 1.54) is 38.5 Å². The van der Waals surface area contributed by atoms with Gasteiger partial charge in [0.1, 0.15) is 5.76 Å². The number of carbonyl (C=O) groups excluding carboxylic acids is 1. The molecular weight excluding hydrogens is 356 g/mol. The molecule has 3 fully saturated rings. The molecule has 150 valence electrons. The monoisotopic (exact) mass is 384 g/mol. The van der Waals surface area contributed by atoms with Crippen LogP contribution in [0.2, 0.25) is 0 Å². The first-order valence-electron chi connectivity index (χ1n) is 10.9. The molecule has 3 aliphatic rings. The minimum absolute atomic E-state index is 0.0853. The molecule has 0 radical (unpaired) electrons. The van der Waals surface area contributed by atoms with Gasteiger partial charge in [-0.1, -0.05) is 48.8 Å². The fraction of sp³-hybridized carbons (Fsp3) is 0.714. The molecule has 2 aromatic rings. The molecule has 3 aliphatic carbocycles. The van der Waals surface area contributed by atoms with Gasteiger partial charge in [-0.05, 0) is 38.5 Å². The Morgan fingerprint density at radius 2 is 1.50 bits per heavy atom. The predicted molar refractivity (Wildman–Crippen MR) is 102 cm³/mol. The highest BCUT2D eigenvalue weighted by Crippen LogP contribution is 2.41. The molecule has 2 heterocycles. The number of rotatable bonds is 5. The van der Waals surface area contributed by atoms with E-state index >= 15 is 0 Å². The average Bonchev–Trinajstić information content (AvgIpc) is 3.27. The second kappa shape index (κ2) is 7.68. The Labute approximate surface area is 164 Å². The van der Waals surface area contributed by atoms with Crippen LogP contribution < -0.4 is 0 Å². The second-order valence-corrected chi connectivity index (χ2v) is 8.61. The Morgan fingerprint density at radius 3 is 2.11 bits per heavy atom. The molecule has 0 N–H and O–H groups in total. The van der Waals surface area contributed by atoms with Crippen molar-refractivity contribution >= 4 is 5.91 Å². The minimum Gasteiger partial charge on any atom is -0.360 e. The van der Waals surface area contributed by atoms with E-state index in [1.807, 2.05) is 6.07 Å². The van der Waals surface area contributed by atoms with E-state index in [-0.39, 0.29) is 11.8 Å². The molecule has 5 rings (SSSR count). The van der Waals surface area contributed by atoms with Crippen molar-refractivity contribution in [2.24, 2.45) is 0 Å². The largest absolute Gasteiger partial charge is 0.360 e. The predicted octanol–water partition coefficient (Wildman–Crippen LogP) is 4.71. The van der Waals surface area contributed by atoms with Gasteiger partial charge in [-0.3, -0.25) is 4.79 Å². The van der Waals surface area contributed by atoms with E-state index in [0.29, 0.717) is 29.5 Å². The summed E-state index contributed by atoms with van der Waals surface area (Å²) in [5.41, 5.74) is 0.548. The van der Waals surface area contributed by atoms with Crippen LogP contribution in [-0.2, 0) is 0 Å². The van der Waals surface area contributed by atoms with Gasteiger partial charge in [0.25, 0.3) is 0 Å². The lowest BCUT2D eigenvalue weighted by atomic mass is 9.88. The highest BCUT2D eigenvalue weighted by atomic mass is 16.5. The van der Waals surface area contributed by atoms with Crippen molar-refractivity contribution in [1.82, 2.24) is 20.2 Å². The van der Waals surface area contributed by atoms with Gasteiger partial charge in [-0.15, -0.1) is 0 Å². The molecule has 0 atom stereocenters. The molecule has 3 saturated carbocycles. The molecule has 7 heteroatoms. The van der Waals surface area contributed by atoms with Gasteiger partial charge in [-0.25, -0.2) is 0 Å². The normalized spacial score (nSPS) is 21.7. The van der Waals surface area contributed by atoms with Crippen molar-refractivity contribution in [3.63, 3.8) is 0 Å². The zero-order valence-electron chi connectivity index (χ0n) is 16.3. The van der Waals surface area contributed by atoms with Crippen molar-refractivity contribution in [3.05, 3.63) is 17.7 Å². The summed E-state index contributed by atoms with van der Waals surface area (Å²) < 4.78 is 10.8. The molecule has 0 aliphatic heterocycles. The zero-order chi connectivity index (χ0) is 18.9. The molecule has 0 saturated heterocycles. The van der Waals surface area contributed by atoms with Crippen LogP contribution in [0.25, 0.3) is 11.5 Å². The summed E-state index contributed by atoms with van der Waals surface area (Å²) in [5, 5.41) is 8.08. The Balaban J connectivity index is 1.37. The highest BCUT2D eigenvalue weighted by Gasteiger charge is 2.36. The number of nitrogens with zero attached hydrogens (tertiary/aromatic N) is 4. The number of carbonyl (C=O) groups is 1. The van der Waals surface area contributed by atoms with Gasteiger partial charge in [0.2, 0.25) is 5.82 Å². The van der Waals surface area contributed by atoms with Crippen LogP contribution >= 0.6 is 0 Å². The summed E-state index contributed by atoms with van der Waals surface area (Å²) in [7, 11) is 0. The van der Waals surface area contributed by atoms with Gasteiger partial charge < -0.3 is 13.9 Å². The summed E-state index contributed by atoms with van der Waals surface area (Å²) in [6, 6.07) is 2.47. The fourth-order valence-electron chi connectivity index (χ4n) is 4.83. The number of hydrogen-bond acceptors (Lipinski definition) is 6. The maximum absolute atomic E-state index is 13.4. The molecule has 28 heavy (non-hydrogen) atoms. The van der Waals surface area contributed by atoms with Crippen LogP contribution in [0.15, 0.2) is 15.1 Å². The lowest BCUT2D eigenvalue weighted by Crippen LogP contribution is -2.48. The summed E-state index contributed by atoms with van der Waals surface area (Å²) in [6.45, 7) is 0. The van der Waals surface area contributed by atoms with E-state index in [9.17, 15) is 4.79 Å². The van der Waals surface area contributed by atoms with E-state index in [2.05, 4.69) is 20.2 Å². The molecule has 0 unspecified atom stereocenters. The second-order valence-electron chi connectivity index (χ2n) is 8.61. The summed E-state index contributed by atoms with van der Waals surface area (Å²) in [6.07, 6.45) is 13.9. The van der Waals surface area contributed by atoms with Crippen LogP contribution in [0.3, 0.4) is 0 Å². The summed E-state index contributed by atoms with van der Waals surface area (Å²) in [4.78, 5) is 19.9. The fourth-order valence-corrected chi connectivity index (χ4v) is 4.83. The van der Waals surface area contributed by atoms with Crippen LogP contribution in [0, 0.1) is 0 Å². The third-order valence-corrected chi connectivity index (χ3v) is 6.52. The Kier molecular flexibility index (Phi) is 4.91. The van der Waals surface area contributed by atoms with E-state index in [0.717, 1.165) is 44.3 Å². The standard InChI is InChI=1S/C21H28N4O3/c26-21(25(15-7-3-1-4-8-15)16-9-5-2-6-10-16)20-22-19(24-28-20)17-13-18(27-23-17)14-11-12-14/h13-16H,1-12H2. The Morgan fingerprint density at radius 1 is 0.857 bits per heavy atom. The number of amides is 1. The van der Waals surface area contributed by atoms with Crippen LogP contribution in [0.4, 0.5) is 0 Å². The van der Waals surface area contributed by atoms with E-state index < -0.39 is 0 Å². The smallest absolute Gasteiger partial charge is 0.316 e. The van der Waals surface area contributed by atoms with Gasteiger partial charge in [0, 0.05) is 24.1 Å². The number of aromatic nitrogens is 3. The van der Waals surface area contributed by atoms with Gasteiger partial charge in [0.05, 0.1) is 0 Å². The maximum Gasteiger partial charge on any atom is 0.316 e. The quantitative estimate of drug-likeness (QED) is 0.742.